The van der Waals surface area contributed by atoms with Crippen molar-refractivity contribution >= 4 is 33.8 Å². The summed E-state index contributed by atoms with van der Waals surface area (Å²) in [6.45, 7) is 2.12. The van der Waals surface area contributed by atoms with E-state index in [1.165, 1.54) is 0 Å². The van der Waals surface area contributed by atoms with Gasteiger partial charge in [-0.3, -0.25) is 9.59 Å². The molecule has 0 radical (unpaired) electrons. The first-order valence-corrected chi connectivity index (χ1v) is 7.15. The summed E-state index contributed by atoms with van der Waals surface area (Å²) in [5.74, 6) is 0.163. The standard InChI is InChI=1S/C14H17BrN2O2/c1-16(9-14(19)17-6-2-3-7-17)12-5-4-11(10-18)13(15)8-12/h4-5,8,10H,2-3,6-7,9H2,1H3. The highest BCUT2D eigenvalue weighted by atomic mass is 79.9. The molecule has 0 atom stereocenters. The molecule has 1 aliphatic rings. The number of aldehydes is 1. The number of anilines is 1. The number of carbonyl (C=O) groups excluding carboxylic acids is 2. The zero-order valence-electron chi connectivity index (χ0n) is 10.9. The predicted octanol–water partition coefficient (Wildman–Crippen LogP) is 2.32. The summed E-state index contributed by atoms with van der Waals surface area (Å²) < 4.78 is 0.750. The van der Waals surface area contributed by atoms with Gasteiger partial charge in [0.25, 0.3) is 0 Å². The van der Waals surface area contributed by atoms with Crippen LogP contribution < -0.4 is 4.90 Å². The Balaban J connectivity index is 2.02. The van der Waals surface area contributed by atoms with Crippen LogP contribution in [0.5, 0.6) is 0 Å². The summed E-state index contributed by atoms with van der Waals surface area (Å²) in [4.78, 5) is 26.6. The fourth-order valence-corrected chi connectivity index (χ4v) is 2.67. The molecule has 1 aromatic rings. The van der Waals surface area contributed by atoms with E-state index in [1.807, 2.05) is 29.0 Å². The third-order valence-corrected chi connectivity index (χ3v) is 4.07. The van der Waals surface area contributed by atoms with Gasteiger partial charge in [-0.1, -0.05) is 0 Å². The Morgan fingerprint density at radius 1 is 1.42 bits per heavy atom. The van der Waals surface area contributed by atoms with Crippen LogP contribution in [0.3, 0.4) is 0 Å². The Hall–Kier alpha value is -1.36. The van der Waals surface area contributed by atoms with E-state index in [1.54, 1.807) is 6.07 Å². The molecule has 1 aliphatic heterocycles. The lowest BCUT2D eigenvalue weighted by Gasteiger charge is -2.23. The molecule has 0 aliphatic carbocycles. The zero-order chi connectivity index (χ0) is 13.8. The summed E-state index contributed by atoms with van der Waals surface area (Å²) in [5, 5.41) is 0. The van der Waals surface area contributed by atoms with E-state index in [-0.39, 0.29) is 5.91 Å². The number of nitrogens with zero attached hydrogens (tertiary/aromatic N) is 2. The van der Waals surface area contributed by atoms with Gasteiger partial charge in [0.05, 0.1) is 6.54 Å². The molecule has 102 valence electrons. The fourth-order valence-electron chi connectivity index (χ4n) is 2.21. The van der Waals surface area contributed by atoms with Crippen LogP contribution in [0, 0.1) is 0 Å². The maximum Gasteiger partial charge on any atom is 0.242 e. The van der Waals surface area contributed by atoms with Crippen molar-refractivity contribution in [2.75, 3.05) is 31.6 Å². The number of carbonyl (C=O) groups is 2. The topological polar surface area (TPSA) is 40.6 Å². The lowest BCUT2D eigenvalue weighted by Crippen LogP contribution is -2.37. The molecular weight excluding hydrogens is 308 g/mol. The van der Waals surface area contributed by atoms with Crippen LogP contribution >= 0.6 is 15.9 Å². The van der Waals surface area contributed by atoms with Gasteiger partial charge >= 0.3 is 0 Å². The largest absolute Gasteiger partial charge is 0.365 e. The number of halogens is 1. The SMILES string of the molecule is CN(CC(=O)N1CCCC1)c1ccc(C=O)c(Br)c1. The molecule has 0 unspecified atom stereocenters. The molecule has 19 heavy (non-hydrogen) atoms. The normalized spacial score (nSPS) is 14.5. The molecule has 0 N–H and O–H groups in total. The van der Waals surface area contributed by atoms with E-state index < -0.39 is 0 Å². The number of likely N-dealkylation sites (tertiary alicyclic amines) is 1. The molecule has 0 spiro atoms. The average molecular weight is 325 g/mol. The van der Waals surface area contributed by atoms with Gasteiger partial charge in [0.1, 0.15) is 0 Å². The van der Waals surface area contributed by atoms with E-state index in [0.29, 0.717) is 12.1 Å². The fraction of sp³-hybridized carbons (Fsp3) is 0.429. The monoisotopic (exact) mass is 324 g/mol. The number of hydrogen-bond acceptors (Lipinski definition) is 3. The highest BCUT2D eigenvalue weighted by Gasteiger charge is 2.19. The predicted molar refractivity (Wildman–Crippen MR) is 78.6 cm³/mol. The van der Waals surface area contributed by atoms with Gasteiger partial charge in [-0.2, -0.15) is 0 Å². The van der Waals surface area contributed by atoms with Crippen molar-refractivity contribution in [2.24, 2.45) is 0 Å². The molecule has 1 aromatic carbocycles. The molecule has 1 amide bonds. The Morgan fingerprint density at radius 2 is 2.11 bits per heavy atom. The van der Waals surface area contributed by atoms with E-state index in [0.717, 1.165) is 42.4 Å². The van der Waals surface area contributed by atoms with Crippen LogP contribution in [0.4, 0.5) is 5.69 Å². The molecule has 0 bridgehead atoms. The first-order chi connectivity index (χ1) is 9.11. The molecule has 1 heterocycles. The van der Waals surface area contributed by atoms with Crippen molar-refractivity contribution in [1.82, 2.24) is 4.90 Å². The molecule has 4 nitrogen and oxygen atoms in total. The van der Waals surface area contributed by atoms with Crippen LogP contribution in [0.25, 0.3) is 0 Å². The first kappa shape index (κ1) is 14.1. The number of likely N-dealkylation sites (N-methyl/N-ethyl adjacent to an activating group) is 1. The minimum absolute atomic E-state index is 0.163. The zero-order valence-corrected chi connectivity index (χ0v) is 12.5. The average Bonchev–Trinajstić information content (AvgIpc) is 2.92. The number of hydrogen-bond donors (Lipinski definition) is 0. The highest BCUT2D eigenvalue weighted by molar-refractivity contribution is 9.10. The van der Waals surface area contributed by atoms with E-state index >= 15 is 0 Å². The van der Waals surface area contributed by atoms with Crippen molar-refractivity contribution < 1.29 is 9.59 Å². The molecule has 0 saturated carbocycles. The van der Waals surface area contributed by atoms with Gasteiger partial charge in [-0.15, -0.1) is 0 Å². The second-order valence-electron chi connectivity index (χ2n) is 4.77. The van der Waals surface area contributed by atoms with E-state index in [2.05, 4.69) is 15.9 Å². The molecular formula is C14H17BrN2O2. The lowest BCUT2D eigenvalue weighted by atomic mass is 10.2. The maximum absolute atomic E-state index is 12.1. The van der Waals surface area contributed by atoms with Gasteiger partial charge in [-0.25, -0.2) is 0 Å². The third kappa shape index (κ3) is 3.35. The van der Waals surface area contributed by atoms with Crippen LogP contribution in [-0.4, -0.2) is 43.8 Å². The van der Waals surface area contributed by atoms with Crippen LogP contribution in [0.2, 0.25) is 0 Å². The third-order valence-electron chi connectivity index (χ3n) is 3.38. The Labute approximate surface area is 121 Å². The maximum atomic E-state index is 12.1. The van der Waals surface area contributed by atoms with Crippen molar-refractivity contribution in [3.8, 4) is 0 Å². The smallest absolute Gasteiger partial charge is 0.242 e. The Morgan fingerprint density at radius 3 is 2.68 bits per heavy atom. The summed E-state index contributed by atoms with van der Waals surface area (Å²) >= 11 is 3.35. The van der Waals surface area contributed by atoms with Gasteiger partial charge in [-0.05, 0) is 47.0 Å². The van der Waals surface area contributed by atoms with Gasteiger partial charge < -0.3 is 9.80 Å². The van der Waals surface area contributed by atoms with Crippen LogP contribution in [0.15, 0.2) is 22.7 Å². The summed E-state index contributed by atoms with van der Waals surface area (Å²) in [5.41, 5.74) is 1.54. The highest BCUT2D eigenvalue weighted by Crippen LogP contribution is 2.22. The van der Waals surface area contributed by atoms with Gasteiger partial charge in [0.15, 0.2) is 6.29 Å². The number of rotatable bonds is 4. The van der Waals surface area contributed by atoms with Crippen molar-refractivity contribution in [3.05, 3.63) is 28.2 Å². The quantitative estimate of drug-likeness (QED) is 0.798. The van der Waals surface area contributed by atoms with Crippen molar-refractivity contribution in [3.63, 3.8) is 0 Å². The van der Waals surface area contributed by atoms with E-state index in [9.17, 15) is 9.59 Å². The molecule has 2 rings (SSSR count). The molecule has 1 saturated heterocycles. The molecule has 1 fully saturated rings. The Bertz CT molecular complexity index is 484. The summed E-state index contributed by atoms with van der Waals surface area (Å²) in [7, 11) is 1.89. The lowest BCUT2D eigenvalue weighted by molar-refractivity contribution is -0.128. The second-order valence-corrected chi connectivity index (χ2v) is 5.62. The number of benzene rings is 1. The molecule has 5 heteroatoms. The molecule has 0 aromatic heterocycles. The van der Waals surface area contributed by atoms with Crippen molar-refractivity contribution in [1.29, 1.82) is 0 Å². The van der Waals surface area contributed by atoms with Crippen LogP contribution in [0.1, 0.15) is 23.2 Å². The minimum atomic E-state index is 0.163. The number of amides is 1. The van der Waals surface area contributed by atoms with Gasteiger partial charge in [0, 0.05) is 35.9 Å². The Kier molecular flexibility index (Phi) is 4.58. The van der Waals surface area contributed by atoms with Gasteiger partial charge in [0.2, 0.25) is 5.91 Å². The second kappa shape index (κ2) is 6.19. The van der Waals surface area contributed by atoms with E-state index in [4.69, 9.17) is 0 Å². The van der Waals surface area contributed by atoms with Crippen molar-refractivity contribution in [2.45, 2.75) is 12.8 Å². The minimum Gasteiger partial charge on any atom is -0.365 e. The summed E-state index contributed by atoms with van der Waals surface area (Å²) in [6.07, 6.45) is 3.02. The van der Waals surface area contributed by atoms with Crippen LogP contribution in [-0.2, 0) is 4.79 Å². The summed E-state index contributed by atoms with van der Waals surface area (Å²) in [6, 6.07) is 5.47. The first-order valence-electron chi connectivity index (χ1n) is 6.35.